The van der Waals surface area contributed by atoms with Gasteiger partial charge in [-0.25, -0.2) is 4.57 Å². The summed E-state index contributed by atoms with van der Waals surface area (Å²) in [6.07, 6.45) is 4.30. The van der Waals surface area contributed by atoms with Crippen LogP contribution in [-0.2, 0) is 7.05 Å². The maximum atomic E-state index is 2.32. The molecule has 0 atom stereocenters. The van der Waals surface area contributed by atoms with Crippen LogP contribution in [-0.4, -0.2) is 4.57 Å². The fraction of sp³-hybridized carbons (Fsp3) is 0.192. The van der Waals surface area contributed by atoms with Crippen LogP contribution in [0.4, 0.5) is 0 Å². The van der Waals surface area contributed by atoms with Crippen molar-refractivity contribution >= 4 is 11.8 Å². The van der Waals surface area contributed by atoms with E-state index in [9.17, 15) is 0 Å². The second kappa shape index (κ2) is 7.92. The van der Waals surface area contributed by atoms with Crippen LogP contribution < -0.4 is 4.57 Å². The third-order valence-electron chi connectivity index (χ3n) is 5.23. The smallest absolute Gasteiger partial charge is 0.232 e. The first kappa shape index (κ1) is 19.5. The lowest BCUT2D eigenvalue weighted by Gasteiger charge is -2.11. The van der Waals surface area contributed by atoms with Crippen molar-refractivity contribution in [1.29, 1.82) is 0 Å². The van der Waals surface area contributed by atoms with Crippen LogP contribution >= 0.6 is 11.8 Å². The van der Waals surface area contributed by atoms with Crippen LogP contribution in [0.1, 0.15) is 22.3 Å². The average Bonchev–Trinajstić information content (AvgIpc) is 3.04. The fourth-order valence-electron chi connectivity index (χ4n) is 3.99. The van der Waals surface area contributed by atoms with Crippen molar-refractivity contribution in [2.75, 3.05) is 0 Å². The van der Waals surface area contributed by atoms with Crippen molar-refractivity contribution in [3.63, 3.8) is 0 Å². The van der Waals surface area contributed by atoms with E-state index in [4.69, 9.17) is 0 Å². The minimum Gasteiger partial charge on any atom is -0.232 e. The molecule has 0 fully saturated rings. The van der Waals surface area contributed by atoms with E-state index in [2.05, 4.69) is 117 Å². The first-order valence-electron chi connectivity index (χ1n) is 9.92. The van der Waals surface area contributed by atoms with Gasteiger partial charge in [-0.1, -0.05) is 53.2 Å². The quantitative estimate of drug-likeness (QED) is 0.363. The highest BCUT2D eigenvalue weighted by Crippen LogP contribution is 2.32. The molecule has 29 heavy (non-hydrogen) atoms. The highest BCUT2D eigenvalue weighted by molar-refractivity contribution is 7.99. The lowest BCUT2D eigenvalue weighted by molar-refractivity contribution is -0.659. The molecule has 0 saturated carbocycles. The molecule has 0 aliphatic rings. The molecule has 0 aliphatic heterocycles. The molecule has 0 aliphatic carbocycles. The molecule has 146 valence electrons. The van der Waals surface area contributed by atoms with Crippen LogP contribution in [0.25, 0.3) is 17.1 Å². The number of hydrogen-bond donors (Lipinski definition) is 0. The Balaban J connectivity index is 1.77. The van der Waals surface area contributed by atoms with E-state index in [1.54, 1.807) is 11.8 Å². The summed E-state index contributed by atoms with van der Waals surface area (Å²) in [6, 6.07) is 22.1. The van der Waals surface area contributed by atoms with Gasteiger partial charge in [0.1, 0.15) is 18.1 Å². The van der Waals surface area contributed by atoms with E-state index in [0.717, 1.165) is 0 Å². The Morgan fingerprint density at radius 2 is 1.45 bits per heavy atom. The molecule has 1 aromatic heterocycles. The van der Waals surface area contributed by atoms with Crippen LogP contribution in [0.15, 0.2) is 82.8 Å². The molecule has 0 bridgehead atoms. The standard InChI is InChI=1S/C26H27N2S/c1-18-9-11-23(12-10-18)29-24-8-6-7-22(17-24)26-27(5)13-14-28(26)25-20(3)15-19(2)16-21(25)4/h6-17H,1-5H3/q+1. The Morgan fingerprint density at radius 1 is 0.759 bits per heavy atom. The average molecular weight is 400 g/mol. The highest BCUT2D eigenvalue weighted by Gasteiger charge is 2.22. The van der Waals surface area contributed by atoms with Gasteiger partial charge in [-0.3, -0.25) is 0 Å². The highest BCUT2D eigenvalue weighted by atomic mass is 32.2. The van der Waals surface area contributed by atoms with Gasteiger partial charge in [0.05, 0.1) is 12.6 Å². The minimum atomic E-state index is 1.19. The van der Waals surface area contributed by atoms with Crippen LogP contribution in [0, 0.1) is 27.7 Å². The molecule has 3 heteroatoms. The lowest BCUT2D eigenvalue weighted by Crippen LogP contribution is -2.29. The molecule has 0 amide bonds. The first-order valence-corrected chi connectivity index (χ1v) is 10.7. The molecule has 4 aromatic rings. The fourth-order valence-corrected chi connectivity index (χ4v) is 4.87. The number of aryl methyl sites for hydroxylation is 5. The van der Waals surface area contributed by atoms with E-state index >= 15 is 0 Å². The topological polar surface area (TPSA) is 8.81 Å². The van der Waals surface area contributed by atoms with E-state index in [1.807, 2.05) is 0 Å². The van der Waals surface area contributed by atoms with Crippen molar-refractivity contribution in [3.05, 3.63) is 95.3 Å². The molecular weight excluding hydrogens is 372 g/mol. The molecule has 0 unspecified atom stereocenters. The van der Waals surface area contributed by atoms with Gasteiger partial charge in [0.15, 0.2) is 0 Å². The summed E-state index contributed by atoms with van der Waals surface area (Å²) in [6.45, 7) is 8.68. The monoisotopic (exact) mass is 399 g/mol. The predicted octanol–water partition coefficient (Wildman–Crippen LogP) is 6.35. The van der Waals surface area contributed by atoms with Crippen molar-refractivity contribution in [1.82, 2.24) is 4.57 Å². The van der Waals surface area contributed by atoms with Crippen molar-refractivity contribution in [3.8, 4) is 17.1 Å². The molecule has 4 rings (SSSR count). The predicted molar refractivity (Wildman–Crippen MR) is 122 cm³/mol. The van der Waals surface area contributed by atoms with Gasteiger partial charge < -0.3 is 0 Å². The Hall–Kier alpha value is -2.78. The second-order valence-electron chi connectivity index (χ2n) is 7.79. The Bertz CT molecular complexity index is 1150. The maximum absolute atomic E-state index is 2.32. The summed E-state index contributed by atoms with van der Waals surface area (Å²) in [5, 5.41) is 0. The van der Waals surface area contributed by atoms with Crippen molar-refractivity contribution < 1.29 is 4.57 Å². The number of hydrogen-bond acceptors (Lipinski definition) is 1. The molecule has 3 aromatic carbocycles. The molecule has 2 nitrogen and oxygen atoms in total. The van der Waals surface area contributed by atoms with Gasteiger partial charge in [-0.05, 0) is 69.2 Å². The van der Waals surface area contributed by atoms with Gasteiger partial charge in [0, 0.05) is 9.79 Å². The summed E-state index contributed by atoms with van der Waals surface area (Å²) in [7, 11) is 2.12. The number of rotatable bonds is 4. The van der Waals surface area contributed by atoms with E-state index < -0.39 is 0 Å². The molecule has 1 heterocycles. The molecule has 0 radical (unpaired) electrons. The summed E-state index contributed by atoms with van der Waals surface area (Å²) < 4.78 is 4.52. The Morgan fingerprint density at radius 3 is 2.14 bits per heavy atom. The van der Waals surface area contributed by atoms with Gasteiger partial charge in [0.25, 0.3) is 5.82 Å². The van der Waals surface area contributed by atoms with Gasteiger partial charge in [-0.15, -0.1) is 0 Å². The molecule has 0 spiro atoms. The summed E-state index contributed by atoms with van der Waals surface area (Å²) in [5.74, 6) is 1.19. The first-order chi connectivity index (χ1) is 13.9. The lowest BCUT2D eigenvalue weighted by atomic mass is 10.0. The minimum absolute atomic E-state index is 1.19. The third-order valence-corrected chi connectivity index (χ3v) is 6.22. The zero-order valence-electron chi connectivity index (χ0n) is 17.7. The van der Waals surface area contributed by atoms with Gasteiger partial charge in [0.2, 0.25) is 0 Å². The maximum Gasteiger partial charge on any atom is 0.293 e. The van der Waals surface area contributed by atoms with Crippen LogP contribution in [0.5, 0.6) is 0 Å². The number of imidazole rings is 1. The summed E-state index contributed by atoms with van der Waals surface area (Å²) in [5.41, 5.74) is 7.67. The Labute approximate surface area is 177 Å². The largest absolute Gasteiger partial charge is 0.293 e. The zero-order valence-corrected chi connectivity index (χ0v) is 18.5. The normalized spacial score (nSPS) is 11.1. The van der Waals surface area contributed by atoms with Crippen LogP contribution in [0.2, 0.25) is 0 Å². The number of benzene rings is 3. The number of nitrogens with zero attached hydrogens (tertiary/aromatic N) is 2. The van der Waals surface area contributed by atoms with Crippen molar-refractivity contribution in [2.24, 2.45) is 7.05 Å². The zero-order chi connectivity index (χ0) is 20.5. The third kappa shape index (κ3) is 4.01. The van der Waals surface area contributed by atoms with E-state index in [1.165, 1.54) is 49.1 Å². The summed E-state index contributed by atoms with van der Waals surface area (Å²) in [4.78, 5) is 2.51. The SMILES string of the molecule is Cc1ccc(Sc2cccc(-c3n(-c4c(C)cc(C)cc4C)cc[n+]3C)c2)cc1. The number of aromatic nitrogens is 2. The van der Waals surface area contributed by atoms with Crippen molar-refractivity contribution in [2.45, 2.75) is 37.5 Å². The Kier molecular flexibility index (Phi) is 5.33. The van der Waals surface area contributed by atoms with Crippen LogP contribution in [0.3, 0.4) is 0 Å². The second-order valence-corrected chi connectivity index (χ2v) is 8.94. The molecule has 0 saturated heterocycles. The van der Waals surface area contributed by atoms with Gasteiger partial charge >= 0.3 is 0 Å². The van der Waals surface area contributed by atoms with E-state index in [0.29, 0.717) is 0 Å². The summed E-state index contributed by atoms with van der Waals surface area (Å²) >= 11 is 1.81. The molecule has 0 N–H and O–H groups in total. The molecular formula is C26H27N2S+. The van der Waals surface area contributed by atoms with E-state index in [-0.39, 0.29) is 0 Å². The van der Waals surface area contributed by atoms with Gasteiger partial charge in [-0.2, -0.15) is 4.57 Å².